The second-order valence-electron chi connectivity index (χ2n) is 5.23. The minimum Gasteiger partial charge on any atom is -0.290 e. The molecule has 1 aliphatic rings. The van der Waals surface area contributed by atoms with Crippen molar-refractivity contribution < 1.29 is 18.0 Å². The second-order valence-corrected chi connectivity index (χ2v) is 5.23. The van der Waals surface area contributed by atoms with Crippen LogP contribution in [0.15, 0.2) is 0 Å². The van der Waals surface area contributed by atoms with Gasteiger partial charge in [-0.05, 0) is 37.0 Å². The first-order valence-electron chi connectivity index (χ1n) is 5.31. The van der Waals surface area contributed by atoms with E-state index in [0.717, 1.165) is 25.7 Å². The lowest BCUT2D eigenvalue weighted by atomic mass is 9.72. The quantitative estimate of drug-likeness (QED) is 0.695. The van der Waals surface area contributed by atoms with Crippen LogP contribution in [0.2, 0.25) is 0 Å². The second kappa shape index (κ2) is 4.14. The van der Waals surface area contributed by atoms with Crippen LogP contribution in [0.1, 0.15) is 46.0 Å². The van der Waals surface area contributed by atoms with Crippen LogP contribution in [0.25, 0.3) is 0 Å². The molecule has 0 unspecified atom stereocenters. The Balaban J connectivity index is 2.40. The lowest BCUT2D eigenvalue weighted by molar-refractivity contribution is -0.172. The minimum atomic E-state index is -4.65. The summed E-state index contributed by atoms with van der Waals surface area (Å²) in [6, 6.07) is 0. The summed E-state index contributed by atoms with van der Waals surface area (Å²) >= 11 is 0. The molecular formula is C11H17F3O. The molecular weight excluding hydrogens is 205 g/mol. The fraction of sp³-hybridized carbons (Fsp3) is 0.909. The molecule has 15 heavy (non-hydrogen) atoms. The fourth-order valence-corrected chi connectivity index (χ4v) is 2.04. The molecule has 0 bridgehead atoms. The molecule has 0 heterocycles. The predicted octanol–water partition coefficient (Wildman–Crippen LogP) is 3.72. The van der Waals surface area contributed by atoms with Gasteiger partial charge in [0.1, 0.15) is 0 Å². The summed E-state index contributed by atoms with van der Waals surface area (Å²) in [6.07, 6.45) is -1.64. The lowest BCUT2D eigenvalue weighted by Gasteiger charge is -2.34. The normalized spacial score (nSPS) is 22.7. The maximum atomic E-state index is 12.0. The topological polar surface area (TPSA) is 17.1 Å². The third-order valence-corrected chi connectivity index (χ3v) is 3.25. The van der Waals surface area contributed by atoms with Crippen LogP contribution in [0.4, 0.5) is 13.2 Å². The standard InChI is InChI=1S/C11H17F3O/c1-10(2)5-3-8(4-6-10)7-9(15)11(12,13)14/h8H,3-7H2,1-2H3. The van der Waals surface area contributed by atoms with Crippen molar-refractivity contribution in [2.75, 3.05) is 0 Å². The molecule has 4 heteroatoms. The van der Waals surface area contributed by atoms with Gasteiger partial charge in [-0.2, -0.15) is 13.2 Å². The Hall–Kier alpha value is -0.540. The number of carbonyl (C=O) groups is 1. The van der Waals surface area contributed by atoms with Gasteiger partial charge in [0.25, 0.3) is 0 Å². The number of rotatable bonds is 2. The average Bonchev–Trinajstić information content (AvgIpc) is 2.07. The number of Topliss-reactive ketones (excluding diaryl/α,β-unsaturated/α-hetero) is 1. The third kappa shape index (κ3) is 3.84. The zero-order valence-electron chi connectivity index (χ0n) is 9.16. The van der Waals surface area contributed by atoms with Gasteiger partial charge in [0.05, 0.1) is 0 Å². The molecule has 0 amide bonds. The Morgan fingerprint density at radius 1 is 1.27 bits per heavy atom. The largest absolute Gasteiger partial charge is 0.449 e. The molecule has 0 aromatic heterocycles. The van der Waals surface area contributed by atoms with Crippen molar-refractivity contribution in [1.82, 2.24) is 0 Å². The van der Waals surface area contributed by atoms with E-state index in [4.69, 9.17) is 0 Å². The van der Waals surface area contributed by atoms with Crippen LogP contribution < -0.4 is 0 Å². The Labute approximate surface area is 88.0 Å². The van der Waals surface area contributed by atoms with E-state index >= 15 is 0 Å². The van der Waals surface area contributed by atoms with Gasteiger partial charge in [-0.1, -0.05) is 13.8 Å². The van der Waals surface area contributed by atoms with E-state index in [9.17, 15) is 18.0 Å². The minimum absolute atomic E-state index is 0.0628. The highest BCUT2D eigenvalue weighted by Gasteiger charge is 2.40. The van der Waals surface area contributed by atoms with E-state index in [-0.39, 0.29) is 17.8 Å². The molecule has 1 rings (SSSR count). The third-order valence-electron chi connectivity index (χ3n) is 3.25. The number of carbonyl (C=O) groups excluding carboxylic acids is 1. The molecule has 0 aromatic rings. The van der Waals surface area contributed by atoms with Crippen molar-refractivity contribution in [2.24, 2.45) is 11.3 Å². The molecule has 0 atom stereocenters. The summed E-state index contributed by atoms with van der Waals surface area (Å²) in [5.74, 6) is -1.63. The molecule has 0 aromatic carbocycles. The van der Waals surface area contributed by atoms with Crippen LogP contribution in [0.5, 0.6) is 0 Å². The summed E-state index contributed by atoms with van der Waals surface area (Å²) in [7, 11) is 0. The molecule has 1 saturated carbocycles. The number of ketones is 1. The molecule has 0 saturated heterocycles. The first-order valence-corrected chi connectivity index (χ1v) is 5.31. The first kappa shape index (κ1) is 12.5. The van der Waals surface area contributed by atoms with Gasteiger partial charge in [0.15, 0.2) is 0 Å². The average molecular weight is 222 g/mol. The van der Waals surface area contributed by atoms with Crippen LogP contribution in [-0.4, -0.2) is 12.0 Å². The maximum Gasteiger partial charge on any atom is 0.449 e. The van der Waals surface area contributed by atoms with Gasteiger partial charge in [-0.25, -0.2) is 0 Å². The monoisotopic (exact) mass is 222 g/mol. The maximum absolute atomic E-state index is 12.0. The van der Waals surface area contributed by atoms with Crippen molar-refractivity contribution in [1.29, 1.82) is 0 Å². The van der Waals surface area contributed by atoms with Crippen molar-refractivity contribution in [3.8, 4) is 0 Å². The molecule has 0 aliphatic heterocycles. The summed E-state index contributed by atoms with van der Waals surface area (Å²) in [4.78, 5) is 10.8. The van der Waals surface area contributed by atoms with Crippen molar-refractivity contribution in [3.63, 3.8) is 0 Å². The molecule has 1 aliphatic carbocycles. The van der Waals surface area contributed by atoms with E-state index in [1.54, 1.807) is 0 Å². The number of hydrogen-bond donors (Lipinski definition) is 0. The van der Waals surface area contributed by atoms with E-state index in [1.807, 2.05) is 0 Å². The van der Waals surface area contributed by atoms with Gasteiger partial charge < -0.3 is 0 Å². The summed E-state index contributed by atoms with van der Waals surface area (Å²) in [6.45, 7) is 4.24. The Kier molecular flexibility index (Phi) is 3.46. The van der Waals surface area contributed by atoms with Crippen LogP contribution in [0.3, 0.4) is 0 Å². The Morgan fingerprint density at radius 2 is 1.73 bits per heavy atom. The van der Waals surface area contributed by atoms with Gasteiger partial charge in [-0.3, -0.25) is 4.79 Å². The molecule has 88 valence electrons. The van der Waals surface area contributed by atoms with E-state index < -0.39 is 12.0 Å². The highest BCUT2D eigenvalue weighted by atomic mass is 19.4. The summed E-state index contributed by atoms with van der Waals surface area (Å²) in [5.41, 5.74) is 0.234. The number of halogens is 3. The summed E-state index contributed by atoms with van der Waals surface area (Å²) in [5, 5.41) is 0. The van der Waals surface area contributed by atoms with E-state index in [0.29, 0.717) is 0 Å². The van der Waals surface area contributed by atoms with E-state index in [2.05, 4.69) is 13.8 Å². The van der Waals surface area contributed by atoms with Gasteiger partial charge in [-0.15, -0.1) is 0 Å². The van der Waals surface area contributed by atoms with Crippen LogP contribution in [0, 0.1) is 11.3 Å². The highest BCUT2D eigenvalue weighted by molar-refractivity contribution is 5.84. The summed E-state index contributed by atoms with van der Waals surface area (Å²) < 4.78 is 36.0. The zero-order chi connectivity index (χ0) is 11.7. The smallest absolute Gasteiger partial charge is 0.290 e. The van der Waals surface area contributed by atoms with Gasteiger partial charge in [0, 0.05) is 6.42 Å². The zero-order valence-corrected chi connectivity index (χ0v) is 9.16. The van der Waals surface area contributed by atoms with E-state index in [1.165, 1.54) is 0 Å². The van der Waals surface area contributed by atoms with Gasteiger partial charge in [0.2, 0.25) is 5.78 Å². The molecule has 1 nitrogen and oxygen atoms in total. The molecule has 0 spiro atoms. The molecule has 0 N–H and O–H groups in total. The van der Waals surface area contributed by atoms with Crippen LogP contribution >= 0.6 is 0 Å². The Bertz CT molecular complexity index is 233. The fourth-order valence-electron chi connectivity index (χ4n) is 2.04. The lowest BCUT2D eigenvalue weighted by Crippen LogP contribution is -2.28. The van der Waals surface area contributed by atoms with Crippen molar-refractivity contribution >= 4 is 5.78 Å². The number of alkyl halides is 3. The van der Waals surface area contributed by atoms with Crippen LogP contribution in [-0.2, 0) is 4.79 Å². The SMILES string of the molecule is CC1(C)CCC(CC(=O)C(F)(F)F)CC1. The van der Waals surface area contributed by atoms with Gasteiger partial charge >= 0.3 is 6.18 Å². The molecule has 0 radical (unpaired) electrons. The van der Waals surface area contributed by atoms with Crippen molar-refractivity contribution in [2.45, 2.75) is 52.1 Å². The predicted molar refractivity (Wildman–Crippen MR) is 51.4 cm³/mol. The van der Waals surface area contributed by atoms with Crippen molar-refractivity contribution in [3.05, 3.63) is 0 Å². The number of hydrogen-bond acceptors (Lipinski definition) is 1. The Morgan fingerprint density at radius 3 is 2.13 bits per heavy atom. The molecule has 1 fully saturated rings. The highest BCUT2D eigenvalue weighted by Crippen LogP contribution is 2.39. The first-order chi connectivity index (χ1) is 6.71.